The molecule has 15 heavy (non-hydrogen) atoms. The minimum atomic E-state index is -0.847. The summed E-state index contributed by atoms with van der Waals surface area (Å²) < 4.78 is 0. The van der Waals surface area contributed by atoms with Crippen molar-refractivity contribution in [2.45, 2.75) is 77.6 Å². The second-order valence-corrected chi connectivity index (χ2v) is 30.8. The van der Waals surface area contributed by atoms with E-state index >= 15 is 0 Å². The van der Waals surface area contributed by atoms with Crippen LogP contribution in [0.3, 0.4) is 0 Å². The summed E-state index contributed by atoms with van der Waals surface area (Å²) in [6.45, 7) is 20.2. The smallest absolute Gasteiger partial charge is 0.0364 e. The van der Waals surface area contributed by atoms with Crippen LogP contribution in [0.25, 0.3) is 0 Å². The monoisotopic (exact) mass is 256 g/mol. The highest BCUT2D eigenvalue weighted by molar-refractivity contribution is 8.04. The summed E-state index contributed by atoms with van der Waals surface area (Å²) in [7, 11) is -0.239. The molecule has 1 rings (SSSR count). The zero-order chi connectivity index (χ0) is 12.0. The summed E-state index contributed by atoms with van der Waals surface area (Å²) in [5.74, 6) is 0. The second kappa shape index (κ2) is 4.15. The minimum absolute atomic E-state index is 0.847. The SMILES string of the molecule is CC(C)[Si]1(C(C)C)[Si][Si]1(C(C)C)C(C)C. The molecule has 2 radical (unpaired) electrons. The lowest BCUT2D eigenvalue weighted by atomic mass is 10.5. The van der Waals surface area contributed by atoms with Crippen LogP contribution in [0, 0.1) is 0 Å². The van der Waals surface area contributed by atoms with Crippen molar-refractivity contribution in [2.24, 2.45) is 0 Å². The molecule has 0 spiro atoms. The summed E-state index contributed by atoms with van der Waals surface area (Å²) in [6, 6.07) is 0. The zero-order valence-corrected chi connectivity index (χ0v) is 14.8. The Balaban J connectivity index is 3.08. The molecule has 88 valence electrons. The summed E-state index contributed by atoms with van der Waals surface area (Å²) in [4.78, 5) is 0. The van der Waals surface area contributed by atoms with Crippen LogP contribution in [0.5, 0.6) is 0 Å². The van der Waals surface area contributed by atoms with Gasteiger partial charge in [-0.05, 0) is 0 Å². The third-order valence-corrected chi connectivity index (χ3v) is 46.7. The minimum Gasteiger partial charge on any atom is -0.0656 e. The maximum atomic E-state index is 2.53. The second-order valence-electron chi connectivity index (χ2n) is 6.48. The Morgan fingerprint density at radius 3 is 0.800 bits per heavy atom. The molecule has 0 unspecified atom stereocenters. The predicted molar refractivity (Wildman–Crippen MR) is 77.7 cm³/mol. The number of rotatable bonds is 4. The van der Waals surface area contributed by atoms with Gasteiger partial charge in [0, 0.05) is 22.8 Å². The van der Waals surface area contributed by atoms with Crippen molar-refractivity contribution in [3.05, 3.63) is 0 Å². The molecular formula is C12H28Si3. The van der Waals surface area contributed by atoms with E-state index in [-0.39, 0.29) is 0 Å². The van der Waals surface area contributed by atoms with E-state index in [1.54, 1.807) is 0 Å². The number of hydrogen-bond donors (Lipinski definition) is 0. The highest BCUT2D eigenvalue weighted by Gasteiger charge is 2.74. The van der Waals surface area contributed by atoms with E-state index < -0.39 is 14.2 Å². The first-order chi connectivity index (χ1) is 6.73. The first kappa shape index (κ1) is 13.7. The fourth-order valence-electron chi connectivity index (χ4n) is 4.13. The molecule has 3 heteroatoms. The van der Waals surface area contributed by atoms with Gasteiger partial charge >= 0.3 is 0 Å². The Kier molecular flexibility index (Phi) is 3.79. The Hall–Kier alpha value is 0.651. The van der Waals surface area contributed by atoms with Gasteiger partial charge in [-0.15, -0.1) is 0 Å². The molecule has 0 aromatic heterocycles. The summed E-state index contributed by atoms with van der Waals surface area (Å²) >= 11 is 0. The molecule has 0 saturated carbocycles. The summed E-state index contributed by atoms with van der Waals surface area (Å²) in [6.07, 6.45) is 0. The van der Waals surface area contributed by atoms with Crippen molar-refractivity contribution >= 4 is 22.8 Å². The van der Waals surface area contributed by atoms with Crippen LogP contribution < -0.4 is 0 Å². The highest BCUT2D eigenvalue weighted by Crippen LogP contribution is 2.59. The van der Waals surface area contributed by atoms with Gasteiger partial charge in [-0.2, -0.15) is 0 Å². The largest absolute Gasteiger partial charge is 0.0656 e. The van der Waals surface area contributed by atoms with E-state index in [0.717, 1.165) is 22.2 Å². The van der Waals surface area contributed by atoms with Crippen LogP contribution in [-0.4, -0.2) is 22.8 Å². The molecule has 0 aromatic rings. The molecule has 0 aliphatic carbocycles. The van der Waals surface area contributed by atoms with Gasteiger partial charge in [0.05, 0.1) is 0 Å². The van der Waals surface area contributed by atoms with Gasteiger partial charge in [-0.1, -0.05) is 77.6 Å². The Labute approximate surface area is 100 Å². The lowest BCUT2D eigenvalue weighted by Crippen LogP contribution is -2.44. The fourth-order valence-corrected chi connectivity index (χ4v) is 63.4. The van der Waals surface area contributed by atoms with Crippen molar-refractivity contribution < 1.29 is 0 Å². The average molecular weight is 257 g/mol. The first-order valence-corrected chi connectivity index (χ1v) is 14.8. The van der Waals surface area contributed by atoms with Crippen molar-refractivity contribution in [1.82, 2.24) is 0 Å². The van der Waals surface area contributed by atoms with Crippen LogP contribution in [0.1, 0.15) is 55.4 Å². The van der Waals surface area contributed by atoms with Crippen molar-refractivity contribution in [1.29, 1.82) is 0 Å². The van der Waals surface area contributed by atoms with E-state index in [1.807, 2.05) is 0 Å². The van der Waals surface area contributed by atoms with Crippen molar-refractivity contribution in [3.63, 3.8) is 0 Å². The molecule has 0 amide bonds. The van der Waals surface area contributed by atoms with Crippen LogP contribution in [0.15, 0.2) is 0 Å². The van der Waals surface area contributed by atoms with Gasteiger partial charge < -0.3 is 0 Å². The van der Waals surface area contributed by atoms with E-state index in [1.165, 1.54) is 8.55 Å². The Morgan fingerprint density at radius 1 is 0.533 bits per heavy atom. The maximum absolute atomic E-state index is 2.53. The fraction of sp³-hybridized carbons (Fsp3) is 1.00. The normalized spacial score (nSPS) is 23.2. The number of hydrogen-bond acceptors (Lipinski definition) is 0. The van der Waals surface area contributed by atoms with Crippen LogP contribution in [0.2, 0.25) is 22.2 Å². The first-order valence-electron chi connectivity index (χ1n) is 6.52. The third-order valence-electron chi connectivity index (χ3n) is 4.68. The van der Waals surface area contributed by atoms with Crippen molar-refractivity contribution in [2.75, 3.05) is 0 Å². The maximum Gasteiger partial charge on any atom is 0.0364 e. The Bertz CT molecular complexity index is 191. The van der Waals surface area contributed by atoms with E-state index in [2.05, 4.69) is 55.4 Å². The molecule has 1 fully saturated rings. The molecule has 0 nitrogen and oxygen atoms in total. The molecule has 1 heterocycles. The third kappa shape index (κ3) is 1.65. The molecule has 0 aromatic carbocycles. The molecule has 0 bridgehead atoms. The molecule has 1 saturated heterocycles. The van der Waals surface area contributed by atoms with E-state index in [9.17, 15) is 0 Å². The standard InChI is InChI=1S/C12H28Si3/c1-9(2)14(10(3)4)13-15(14,11(5)6)12(7)8/h9-12H,1-8H3. The van der Waals surface area contributed by atoms with Crippen LogP contribution in [-0.2, 0) is 0 Å². The predicted octanol–water partition coefficient (Wildman–Crippen LogP) is 4.31. The van der Waals surface area contributed by atoms with Gasteiger partial charge in [-0.25, -0.2) is 0 Å². The molecule has 0 N–H and O–H groups in total. The van der Waals surface area contributed by atoms with E-state index in [0.29, 0.717) is 0 Å². The average Bonchev–Trinajstić information content (AvgIpc) is 2.74. The van der Waals surface area contributed by atoms with Crippen molar-refractivity contribution in [3.8, 4) is 0 Å². The molecular weight excluding hydrogens is 228 g/mol. The quantitative estimate of drug-likeness (QED) is 0.658. The Morgan fingerprint density at radius 2 is 0.733 bits per heavy atom. The topological polar surface area (TPSA) is 0 Å². The van der Waals surface area contributed by atoms with Gasteiger partial charge in [0.25, 0.3) is 0 Å². The zero-order valence-electron chi connectivity index (χ0n) is 11.8. The van der Waals surface area contributed by atoms with Gasteiger partial charge in [0.1, 0.15) is 0 Å². The van der Waals surface area contributed by atoms with Gasteiger partial charge in [0.2, 0.25) is 0 Å². The van der Waals surface area contributed by atoms with E-state index in [4.69, 9.17) is 0 Å². The highest BCUT2D eigenvalue weighted by atomic mass is 30.2. The molecule has 1 aliphatic rings. The van der Waals surface area contributed by atoms with Gasteiger partial charge in [0.15, 0.2) is 0 Å². The van der Waals surface area contributed by atoms with Crippen LogP contribution in [0.4, 0.5) is 0 Å². The lowest BCUT2D eigenvalue weighted by molar-refractivity contribution is 0.915. The van der Waals surface area contributed by atoms with Gasteiger partial charge in [-0.3, -0.25) is 0 Å². The molecule has 0 atom stereocenters. The lowest BCUT2D eigenvalue weighted by Gasteiger charge is -2.36. The summed E-state index contributed by atoms with van der Waals surface area (Å²) in [5, 5.41) is 0. The summed E-state index contributed by atoms with van der Waals surface area (Å²) in [5.41, 5.74) is 4.14. The molecule has 1 aliphatic heterocycles. The van der Waals surface area contributed by atoms with Crippen LogP contribution >= 0.6 is 0 Å².